The smallest absolute Gasteiger partial charge is 0.407 e. The number of hydrogen-bond acceptors (Lipinski definition) is 3. The number of carbonyl (C=O) groups excluding carboxylic acids is 1. The highest BCUT2D eigenvalue weighted by molar-refractivity contribution is 5.67. The predicted octanol–water partition coefficient (Wildman–Crippen LogP) is 3.47. The summed E-state index contributed by atoms with van der Waals surface area (Å²) in [5, 5.41) is 6.69. The first-order chi connectivity index (χ1) is 10.8. The molecule has 0 radical (unpaired) electrons. The number of alkyl carbamates (subject to hydrolysis) is 1. The van der Waals surface area contributed by atoms with Crippen LogP contribution in [-0.2, 0) is 11.3 Å². The molecule has 0 saturated heterocycles. The standard InChI is InChI=1S/C19H28N2O2/c1-18(2)16(19(18,3)4)20-14-10-15(11-14)21-17(22)23-12-13-8-6-5-7-9-13/h5-9,14-16,20H,10-12H2,1-4H3,(H,21,22). The fraction of sp³-hybridized carbons (Fsp3) is 0.632. The predicted molar refractivity (Wildman–Crippen MR) is 91.1 cm³/mol. The average molecular weight is 316 g/mol. The van der Waals surface area contributed by atoms with Crippen molar-refractivity contribution in [2.45, 2.75) is 65.3 Å². The van der Waals surface area contributed by atoms with Gasteiger partial charge in [-0.3, -0.25) is 0 Å². The molecule has 0 spiro atoms. The average Bonchev–Trinajstić information content (AvgIpc) is 2.85. The van der Waals surface area contributed by atoms with Crippen molar-refractivity contribution in [1.82, 2.24) is 10.6 Å². The van der Waals surface area contributed by atoms with E-state index in [4.69, 9.17) is 4.74 Å². The summed E-state index contributed by atoms with van der Waals surface area (Å²) in [4.78, 5) is 11.8. The van der Waals surface area contributed by atoms with Gasteiger partial charge in [-0.25, -0.2) is 4.79 Å². The first-order valence-corrected chi connectivity index (χ1v) is 8.54. The van der Waals surface area contributed by atoms with Crippen molar-refractivity contribution in [2.24, 2.45) is 10.8 Å². The van der Waals surface area contributed by atoms with E-state index >= 15 is 0 Å². The molecule has 23 heavy (non-hydrogen) atoms. The van der Waals surface area contributed by atoms with Crippen LogP contribution in [0.1, 0.15) is 46.1 Å². The minimum absolute atomic E-state index is 0.237. The molecular formula is C19H28N2O2. The Hall–Kier alpha value is -1.55. The van der Waals surface area contributed by atoms with Crippen molar-refractivity contribution >= 4 is 6.09 Å². The number of benzene rings is 1. The lowest BCUT2D eigenvalue weighted by atomic mass is 9.86. The Bertz CT molecular complexity index is 548. The third-order valence-electron chi connectivity index (χ3n) is 6.10. The Morgan fingerprint density at radius 2 is 1.70 bits per heavy atom. The van der Waals surface area contributed by atoms with Crippen LogP contribution in [0.25, 0.3) is 0 Å². The molecule has 4 nitrogen and oxygen atoms in total. The fourth-order valence-corrected chi connectivity index (χ4v) is 3.65. The summed E-state index contributed by atoms with van der Waals surface area (Å²) in [6.07, 6.45) is 1.66. The van der Waals surface area contributed by atoms with Crippen LogP contribution in [0.5, 0.6) is 0 Å². The number of hydrogen-bond donors (Lipinski definition) is 2. The number of nitrogens with one attached hydrogen (secondary N) is 2. The molecule has 1 aromatic rings. The maximum atomic E-state index is 11.8. The molecule has 1 amide bonds. The molecule has 2 aliphatic rings. The molecule has 0 aliphatic heterocycles. The van der Waals surface area contributed by atoms with E-state index in [2.05, 4.69) is 38.3 Å². The Morgan fingerprint density at radius 3 is 2.26 bits per heavy atom. The van der Waals surface area contributed by atoms with Gasteiger partial charge >= 0.3 is 6.09 Å². The van der Waals surface area contributed by atoms with Gasteiger partial charge in [0.25, 0.3) is 0 Å². The van der Waals surface area contributed by atoms with Crippen LogP contribution in [-0.4, -0.2) is 24.2 Å². The fourth-order valence-electron chi connectivity index (χ4n) is 3.65. The molecular weight excluding hydrogens is 288 g/mol. The molecule has 4 heteroatoms. The van der Waals surface area contributed by atoms with Gasteiger partial charge in [-0.15, -0.1) is 0 Å². The normalized spacial score (nSPS) is 27.8. The molecule has 0 bridgehead atoms. The van der Waals surface area contributed by atoms with Crippen LogP contribution in [0.3, 0.4) is 0 Å². The first-order valence-electron chi connectivity index (χ1n) is 8.54. The van der Waals surface area contributed by atoms with Gasteiger partial charge < -0.3 is 15.4 Å². The van der Waals surface area contributed by atoms with Gasteiger partial charge in [0.15, 0.2) is 0 Å². The van der Waals surface area contributed by atoms with Gasteiger partial charge in [-0.2, -0.15) is 0 Å². The highest BCUT2D eigenvalue weighted by Crippen LogP contribution is 2.63. The maximum Gasteiger partial charge on any atom is 0.407 e. The van der Waals surface area contributed by atoms with Gasteiger partial charge in [0.2, 0.25) is 0 Å². The molecule has 2 aliphatic carbocycles. The number of amides is 1. The first kappa shape index (κ1) is 16.3. The van der Waals surface area contributed by atoms with Crippen LogP contribution >= 0.6 is 0 Å². The summed E-state index contributed by atoms with van der Waals surface area (Å²) in [6, 6.07) is 11.1. The Kier molecular flexibility index (Phi) is 4.13. The summed E-state index contributed by atoms with van der Waals surface area (Å²) >= 11 is 0. The van der Waals surface area contributed by atoms with Gasteiger partial charge in [0.05, 0.1) is 0 Å². The summed E-state index contributed by atoms with van der Waals surface area (Å²) in [5.74, 6) is 0. The second-order valence-corrected chi connectivity index (χ2v) is 8.11. The number of rotatable bonds is 5. The summed E-state index contributed by atoms with van der Waals surface area (Å²) in [5.41, 5.74) is 1.73. The third kappa shape index (κ3) is 3.23. The molecule has 0 atom stereocenters. The lowest BCUT2D eigenvalue weighted by Crippen LogP contribution is -2.53. The molecule has 3 rings (SSSR count). The van der Waals surface area contributed by atoms with Gasteiger partial charge in [0, 0.05) is 18.1 Å². The highest BCUT2D eigenvalue weighted by atomic mass is 16.5. The minimum atomic E-state index is -0.315. The topological polar surface area (TPSA) is 50.4 Å². The molecule has 2 saturated carbocycles. The second-order valence-electron chi connectivity index (χ2n) is 8.11. The van der Waals surface area contributed by atoms with E-state index in [0.717, 1.165) is 18.4 Å². The quantitative estimate of drug-likeness (QED) is 0.874. The third-order valence-corrected chi connectivity index (χ3v) is 6.10. The zero-order chi connectivity index (χ0) is 16.7. The Labute approximate surface area is 139 Å². The molecule has 1 aromatic carbocycles. The van der Waals surface area contributed by atoms with E-state index in [1.165, 1.54) is 0 Å². The van der Waals surface area contributed by atoms with Crippen LogP contribution in [0.2, 0.25) is 0 Å². The van der Waals surface area contributed by atoms with Gasteiger partial charge in [-0.05, 0) is 29.2 Å². The van der Waals surface area contributed by atoms with E-state index in [-0.39, 0.29) is 12.1 Å². The van der Waals surface area contributed by atoms with Crippen molar-refractivity contribution < 1.29 is 9.53 Å². The van der Waals surface area contributed by atoms with Crippen molar-refractivity contribution in [1.29, 1.82) is 0 Å². The van der Waals surface area contributed by atoms with E-state index in [1.54, 1.807) is 0 Å². The largest absolute Gasteiger partial charge is 0.445 e. The lowest BCUT2D eigenvalue weighted by molar-refractivity contribution is 0.125. The van der Waals surface area contributed by atoms with Crippen molar-refractivity contribution in [3.63, 3.8) is 0 Å². The molecule has 0 aromatic heterocycles. The molecule has 0 unspecified atom stereocenters. The second kappa shape index (κ2) is 5.82. The van der Waals surface area contributed by atoms with Crippen molar-refractivity contribution in [3.8, 4) is 0 Å². The summed E-state index contributed by atoms with van der Waals surface area (Å²) in [7, 11) is 0. The lowest BCUT2D eigenvalue weighted by Gasteiger charge is -2.36. The van der Waals surface area contributed by atoms with Gasteiger partial charge in [-0.1, -0.05) is 58.0 Å². The zero-order valence-corrected chi connectivity index (χ0v) is 14.6. The van der Waals surface area contributed by atoms with E-state index in [1.807, 2.05) is 30.3 Å². The zero-order valence-electron chi connectivity index (χ0n) is 14.6. The van der Waals surface area contributed by atoms with Crippen LogP contribution < -0.4 is 10.6 Å². The van der Waals surface area contributed by atoms with E-state index in [9.17, 15) is 4.79 Å². The number of ether oxygens (including phenoxy) is 1. The molecule has 2 N–H and O–H groups in total. The number of carbonyl (C=O) groups is 1. The minimum Gasteiger partial charge on any atom is -0.445 e. The summed E-state index contributed by atoms with van der Waals surface area (Å²) in [6.45, 7) is 9.60. The van der Waals surface area contributed by atoms with E-state index in [0.29, 0.717) is 29.5 Å². The maximum absolute atomic E-state index is 11.8. The SMILES string of the molecule is CC1(C)C(NC2CC(NC(=O)OCc3ccccc3)C2)C1(C)C. The van der Waals surface area contributed by atoms with Crippen molar-refractivity contribution in [3.05, 3.63) is 35.9 Å². The van der Waals surface area contributed by atoms with Gasteiger partial charge in [0.1, 0.15) is 6.61 Å². The molecule has 2 fully saturated rings. The summed E-state index contributed by atoms with van der Waals surface area (Å²) < 4.78 is 5.26. The Morgan fingerprint density at radius 1 is 1.09 bits per heavy atom. The van der Waals surface area contributed by atoms with Crippen LogP contribution in [0.4, 0.5) is 4.79 Å². The monoisotopic (exact) mass is 316 g/mol. The molecule has 0 heterocycles. The Balaban J connectivity index is 1.34. The molecule has 126 valence electrons. The highest BCUT2D eigenvalue weighted by Gasteiger charge is 2.65. The van der Waals surface area contributed by atoms with Crippen molar-refractivity contribution in [2.75, 3.05) is 0 Å². The van der Waals surface area contributed by atoms with Crippen LogP contribution in [0.15, 0.2) is 30.3 Å². The van der Waals surface area contributed by atoms with E-state index < -0.39 is 0 Å². The van der Waals surface area contributed by atoms with Crippen LogP contribution in [0, 0.1) is 10.8 Å².